The number of aromatic nitrogens is 4. The molecule has 2 N–H and O–H groups in total. The van der Waals surface area contributed by atoms with Crippen molar-refractivity contribution in [2.24, 2.45) is 0 Å². The molecule has 0 aliphatic rings. The van der Waals surface area contributed by atoms with E-state index >= 15 is 0 Å². The van der Waals surface area contributed by atoms with Crippen molar-refractivity contribution in [3.8, 4) is 0 Å². The lowest BCUT2D eigenvalue weighted by Crippen LogP contribution is -2.31. The average Bonchev–Trinajstić information content (AvgIpc) is 2.80. The van der Waals surface area contributed by atoms with E-state index in [0.29, 0.717) is 28.9 Å². The fraction of sp³-hybridized carbons (Fsp3) is 0.462. The molecule has 2 aromatic rings. The largest absolute Gasteiger partial charge is 0.423 e. The summed E-state index contributed by atoms with van der Waals surface area (Å²) in [4.78, 5) is 30.6. The predicted octanol–water partition coefficient (Wildman–Crippen LogP) is 0.498. The molecular weight excluding hydrogens is 274 g/mol. The first-order chi connectivity index (χ1) is 9.86. The summed E-state index contributed by atoms with van der Waals surface area (Å²) in [7, 11) is 0. The number of aryl methyl sites for hydroxylation is 3. The van der Waals surface area contributed by atoms with E-state index in [0.717, 1.165) is 0 Å². The zero-order valence-corrected chi connectivity index (χ0v) is 12.4. The molecule has 0 aromatic carbocycles. The van der Waals surface area contributed by atoms with Crippen molar-refractivity contribution in [1.82, 2.24) is 25.5 Å². The Morgan fingerprint density at radius 2 is 2.05 bits per heavy atom. The van der Waals surface area contributed by atoms with Crippen molar-refractivity contribution in [3.63, 3.8) is 0 Å². The number of nitrogens with zero attached hydrogens (tertiary/aromatic N) is 3. The second-order valence-electron chi connectivity index (χ2n) is 4.84. The summed E-state index contributed by atoms with van der Waals surface area (Å²) in [5.41, 5.74) is 0.608. The molecule has 0 aliphatic heterocycles. The Morgan fingerprint density at radius 3 is 2.62 bits per heavy atom. The fourth-order valence-corrected chi connectivity index (χ4v) is 1.96. The summed E-state index contributed by atoms with van der Waals surface area (Å²) in [6, 6.07) is -0.420. The highest BCUT2D eigenvalue weighted by Crippen LogP contribution is 2.10. The smallest absolute Gasteiger partial charge is 0.254 e. The van der Waals surface area contributed by atoms with Gasteiger partial charge in [0.1, 0.15) is 11.9 Å². The quantitative estimate of drug-likeness (QED) is 0.847. The van der Waals surface area contributed by atoms with Gasteiger partial charge >= 0.3 is 0 Å². The molecule has 8 nitrogen and oxygen atoms in total. The standard InChI is InChI=1S/C13H17N5O3/c1-6-10(12(20)16-8(3)14-6)5-11(19)15-7(2)13-18-17-9(4)21-13/h7H,5H2,1-4H3,(H,15,19)(H,14,16,20). The molecule has 0 bridgehead atoms. The monoisotopic (exact) mass is 291 g/mol. The zero-order valence-electron chi connectivity index (χ0n) is 12.4. The van der Waals surface area contributed by atoms with Crippen LogP contribution in [-0.2, 0) is 11.2 Å². The van der Waals surface area contributed by atoms with Crippen molar-refractivity contribution in [1.29, 1.82) is 0 Å². The molecular formula is C13H17N5O3. The van der Waals surface area contributed by atoms with Crippen molar-refractivity contribution >= 4 is 5.91 Å². The van der Waals surface area contributed by atoms with E-state index < -0.39 is 6.04 Å². The molecule has 8 heteroatoms. The van der Waals surface area contributed by atoms with Gasteiger partial charge in [-0.1, -0.05) is 0 Å². The SMILES string of the molecule is Cc1nc(C)c(CC(=O)NC(C)c2nnc(C)o2)c(=O)[nH]1. The average molecular weight is 291 g/mol. The summed E-state index contributed by atoms with van der Waals surface area (Å²) in [6.45, 7) is 6.80. The lowest BCUT2D eigenvalue weighted by atomic mass is 10.1. The minimum Gasteiger partial charge on any atom is -0.423 e. The maximum atomic E-state index is 12.0. The number of nitrogens with one attached hydrogen (secondary N) is 2. The van der Waals surface area contributed by atoms with Crippen molar-refractivity contribution in [2.45, 2.75) is 40.2 Å². The van der Waals surface area contributed by atoms with E-state index in [1.54, 1.807) is 27.7 Å². The first-order valence-electron chi connectivity index (χ1n) is 6.52. The van der Waals surface area contributed by atoms with Crippen LogP contribution in [0.3, 0.4) is 0 Å². The summed E-state index contributed by atoms with van der Waals surface area (Å²) in [5, 5.41) is 10.3. The molecule has 0 spiro atoms. The van der Waals surface area contributed by atoms with Crippen LogP contribution in [0.25, 0.3) is 0 Å². The second-order valence-corrected chi connectivity index (χ2v) is 4.84. The fourth-order valence-electron chi connectivity index (χ4n) is 1.96. The maximum absolute atomic E-state index is 12.0. The minimum absolute atomic E-state index is 0.0497. The van der Waals surface area contributed by atoms with Crippen LogP contribution in [-0.4, -0.2) is 26.1 Å². The normalized spacial score (nSPS) is 12.2. The van der Waals surface area contributed by atoms with Gasteiger partial charge in [-0.3, -0.25) is 9.59 Å². The van der Waals surface area contributed by atoms with E-state index in [1.807, 2.05) is 0 Å². The van der Waals surface area contributed by atoms with Crippen molar-refractivity contribution in [3.05, 3.63) is 39.2 Å². The van der Waals surface area contributed by atoms with E-state index in [2.05, 4.69) is 25.5 Å². The van der Waals surface area contributed by atoms with Gasteiger partial charge < -0.3 is 14.7 Å². The third kappa shape index (κ3) is 3.53. The number of carbonyl (C=O) groups is 1. The number of amides is 1. The Morgan fingerprint density at radius 1 is 1.33 bits per heavy atom. The number of aromatic amines is 1. The Labute approximate surface area is 121 Å². The van der Waals surface area contributed by atoms with E-state index in [-0.39, 0.29) is 17.9 Å². The summed E-state index contributed by atoms with van der Waals surface area (Å²) in [6.07, 6.45) is -0.0497. The maximum Gasteiger partial charge on any atom is 0.254 e. The Hall–Kier alpha value is -2.51. The first kappa shape index (κ1) is 14.9. The van der Waals surface area contributed by atoms with Crippen LogP contribution in [0, 0.1) is 20.8 Å². The van der Waals surface area contributed by atoms with Crippen LogP contribution < -0.4 is 10.9 Å². The number of hydrogen-bond donors (Lipinski definition) is 2. The third-order valence-corrected chi connectivity index (χ3v) is 2.97. The molecule has 0 saturated carbocycles. The zero-order chi connectivity index (χ0) is 15.6. The lowest BCUT2D eigenvalue weighted by molar-refractivity contribution is -0.121. The highest BCUT2D eigenvalue weighted by molar-refractivity contribution is 5.79. The van der Waals surface area contributed by atoms with Gasteiger partial charge in [0, 0.05) is 18.2 Å². The van der Waals surface area contributed by atoms with Crippen molar-refractivity contribution < 1.29 is 9.21 Å². The predicted molar refractivity (Wildman–Crippen MR) is 73.6 cm³/mol. The molecule has 21 heavy (non-hydrogen) atoms. The van der Waals surface area contributed by atoms with Gasteiger partial charge in [0.15, 0.2) is 0 Å². The molecule has 2 rings (SSSR count). The van der Waals surface area contributed by atoms with Crippen LogP contribution in [0.15, 0.2) is 9.21 Å². The topological polar surface area (TPSA) is 114 Å². The summed E-state index contributed by atoms with van der Waals surface area (Å²) >= 11 is 0. The van der Waals surface area contributed by atoms with Gasteiger partial charge in [-0.05, 0) is 20.8 Å². The number of H-pyrrole nitrogens is 1. The number of hydrogen-bond acceptors (Lipinski definition) is 6. The van der Waals surface area contributed by atoms with Gasteiger partial charge in [-0.2, -0.15) is 0 Å². The second kappa shape index (κ2) is 5.86. The highest BCUT2D eigenvalue weighted by Gasteiger charge is 2.17. The summed E-state index contributed by atoms with van der Waals surface area (Å²) < 4.78 is 5.24. The van der Waals surface area contributed by atoms with Crippen LogP contribution in [0.1, 0.15) is 41.8 Å². The molecule has 2 aromatic heterocycles. The van der Waals surface area contributed by atoms with Gasteiger partial charge in [0.25, 0.3) is 5.56 Å². The summed E-state index contributed by atoms with van der Waals surface area (Å²) in [5.74, 6) is 0.976. The molecule has 2 heterocycles. The highest BCUT2D eigenvalue weighted by atomic mass is 16.4. The van der Waals surface area contributed by atoms with E-state index in [4.69, 9.17) is 4.42 Å². The molecule has 1 unspecified atom stereocenters. The van der Waals surface area contributed by atoms with E-state index in [1.165, 1.54) is 0 Å². The molecule has 112 valence electrons. The van der Waals surface area contributed by atoms with Gasteiger partial charge in [-0.15, -0.1) is 10.2 Å². The van der Waals surface area contributed by atoms with Crippen LogP contribution in [0.2, 0.25) is 0 Å². The van der Waals surface area contributed by atoms with Gasteiger partial charge in [0.05, 0.1) is 6.42 Å². The number of carbonyl (C=O) groups excluding carboxylic acids is 1. The Balaban J connectivity index is 2.07. The molecule has 0 saturated heterocycles. The molecule has 0 fully saturated rings. The molecule has 0 radical (unpaired) electrons. The molecule has 0 aliphatic carbocycles. The molecule has 1 atom stereocenters. The van der Waals surface area contributed by atoms with Gasteiger partial charge in [-0.25, -0.2) is 4.98 Å². The van der Waals surface area contributed by atoms with E-state index in [9.17, 15) is 9.59 Å². The lowest BCUT2D eigenvalue weighted by Gasteiger charge is -2.10. The third-order valence-electron chi connectivity index (χ3n) is 2.97. The van der Waals surface area contributed by atoms with Crippen LogP contribution in [0.5, 0.6) is 0 Å². The van der Waals surface area contributed by atoms with Crippen molar-refractivity contribution in [2.75, 3.05) is 0 Å². The Kier molecular flexibility index (Phi) is 4.15. The minimum atomic E-state index is -0.420. The first-order valence-corrected chi connectivity index (χ1v) is 6.52. The molecule has 1 amide bonds. The van der Waals surface area contributed by atoms with Crippen LogP contribution >= 0.6 is 0 Å². The number of rotatable bonds is 4. The Bertz CT molecular complexity index is 719. The van der Waals surface area contributed by atoms with Crippen LogP contribution in [0.4, 0.5) is 0 Å². The van der Waals surface area contributed by atoms with Gasteiger partial charge in [0.2, 0.25) is 17.7 Å².